The molecule has 0 spiro atoms. The topological polar surface area (TPSA) is 75.4 Å². The minimum absolute atomic E-state index is 0.0313. The van der Waals surface area contributed by atoms with Gasteiger partial charge in [-0.3, -0.25) is 4.79 Å². The molecule has 1 atom stereocenters. The van der Waals surface area contributed by atoms with E-state index in [1.54, 1.807) is 18.4 Å². The molecular formula is C13H14N2O3. The number of pyridine rings is 1. The zero-order valence-corrected chi connectivity index (χ0v) is 9.96. The Balaban J connectivity index is 1.97. The molecule has 0 aliphatic carbocycles. The van der Waals surface area contributed by atoms with Gasteiger partial charge in [0.05, 0.1) is 6.26 Å². The van der Waals surface area contributed by atoms with Gasteiger partial charge in [0, 0.05) is 18.7 Å². The first-order valence-electron chi connectivity index (χ1n) is 5.64. The number of furan rings is 1. The standard InChI is InChI=1S/C13H14N2O3/c1-9(8-10-4-3-7-18-10)15-13(17)12-11(16)5-2-6-14-12/h2-7,9,16H,8H2,1H3,(H,15,17). The number of aromatic nitrogens is 1. The molecule has 0 aliphatic rings. The fraction of sp³-hybridized carbons (Fsp3) is 0.231. The molecule has 2 N–H and O–H groups in total. The molecule has 18 heavy (non-hydrogen) atoms. The Morgan fingerprint density at radius 3 is 3.00 bits per heavy atom. The molecule has 0 bridgehead atoms. The van der Waals surface area contributed by atoms with Crippen LogP contribution >= 0.6 is 0 Å². The molecule has 5 nitrogen and oxygen atoms in total. The predicted octanol–water partition coefficient (Wildman–Crippen LogP) is 1.74. The molecule has 0 saturated carbocycles. The van der Waals surface area contributed by atoms with Gasteiger partial charge < -0.3 is 14.8 Å². The lowest BCUT2D eigenvalue weighted by atomic mass is 10.2. The molecule has 2 rings (SSSR count). The van der Waals surface area contributed by atoms with Crippen LogP contribution in [0.1, 0.15) is 23.2 Å². The van der Waals surface area contributed by atoms with Crippen molar-refractivity contribution in [1.29, 1.82) is 0 Å². The third-order valence-corrected chi connectivity index (χ3v) is 2.47. The zero-order chi connectivity index (χ0) is 13.0. The van der Waals surface area contributed by atoms with Crippen LogP contribution in [-0.2, 0) is 6.42 Å². The molecule has 0 saturated heterocycles. The number of nitrogens with one attached hydrogen (secondary N) is 1. The molecule has 94 valence electrons. The number of rotatable bonds is 4. The second kappa shape index (κ2) is 5.35. The smallest absolute Gasteiger partial charge is 0.273 e. The van der Waals surface area contributed by atoms with Crippen LogP contribution in [0.3, 0.4) is 0 Å². The zero-order valence-electron chi connectivity index (χ0n) is 9.96. The molecule has 0 fully saturated rings. The van der Waals surface area contributed by atoms with Crippen molar-refractivity contribution >= 4 is 5.91 Å². The van der Waals surface area contributed by atoms with Crippen LogP contribution in [0.15, 0.2) is 41.1 Å². The molecule has 0 radical (unpaired) electrons. The first-order chi connectivity index (χ1) is 8.66. The average molecular weight is 246 g/mol. The van der Waals surface area contributed by atoms with Gasteiger partial charge in [-0.15, -0.1) is 0 Å². The molecule has 2 aromatic heterocycles. The third kappa shape index (κ3) is 2.88. The maximum absolute atomic E-state index is 11.8. The maximum Gasteiger partial charge on any atom is 0.273 e. The summed E-state index contributed by atoms with van der Waals surface area (Å²) in [5.74, 6) is 0.278. The van der Waals surface area contributed by atoms with Crippen LogP contribution in [0.5, 0.6) is 5.75 Å². The number of hydrogen-bond acceptors (Lipinski definition) is 4. The van der Waals surface area contributed by atoms with Gasteiger partial charge in [-0.05, 0) is 31.2 Å². The lowest BCUT2D eigenvalue weighted by Gasteiger charge is -2.12. The van der Waals surface area contributed by atoms with Crippen molar-refractivity contribution in [2.45, 2.75) is 19.4 Å². The van der Waals surface area contributed by atoms with E-state index in [1.807, 2.05) is 13.0 Å². The van der Waals surface area contributed by atoms with Gasteiger partial charge in [0.25, 0.3) is 5.91 Å². The number of hydrogen-bond donors (Lipinski definition) is 2. The fourth-order valence-corrected chi connectivity index (χ4v) is 1.65. The molecular weight excluding hydrogens is 232 g/mol. The van der Waals surface area contributed by atoms with Gasteiger partial charge in [-0.25, -0.2) is 4.98 Å². The largest absolute Gasteiger partial charge is 0.505 e. The van der Waals surface area contributed by atoms with Gasteiger partial charge in [0.2, 0.25) is 0 Å². The Labute approximate surface area is 104 Å². The van der Waals surface area contributed by atoms with E-state index in [4.69, 9.17) is 4.42 Å². The molecule has 1 amide bonds. The van der Waals surface area contributed by atoms with E-state index in [-0.39, 0.29) is 17.5 Å². The third-order valence-electron chi connectivity index (χ3n) is 2.47. The fourth-order valence-electron chi connectivity index (χ4n) is 1.65. The van der Waals surface area contributed by atoms with Crippen molar-refractivity contribution in [3.63, 3.8) is 0 Å². The summed E-state index contributed by atoms with van der Waals surface area (Å²) in [6.45, 7) is 1.86. The minimum Gasteiger partial charge on any atom is -0.505 e. The van der Waals surface area contributed by atoms with Crippen LogP contribution in [0.4, 0.5) is 0 Å². The van der Waals surface area contributed by atoms with E-state index in [1.165, 1.54) is 12.3 Å². The van der Waals surface area contributed by atoms with Crippen LogP contribution in [0.25, 0.3) is 0 Å². The molecule has 1 unspecified atom stereocenters. The Bertz CT molecular complexity index is 523. The first-order valence-corrected chi connectivity index (χ1v) is 5.64. The van der Waals surface area contributed by atoms with E-state index >= 15 is 0 Å². The Kier molecular flexibility index (Phi) is 3.62. The van der Waals surface area contributed by atoms with E-state index in [0.717, 1.165) is 5.76 Å². The van der Waals surface area contributed by atoms with Gasteiger partial charge in [0.15, 0.2) is 5.69 Å². The predicted molar refractivity (Wildman–Crippen MR) is 65.2 cm³/mol. The summed E-state index contributed by atoms with van der Waals surface area (Å²) < 4.78 is 5.20. The number of amides is 1. The van der Waals surface area contributed by atoms with Crippen molar-refractivity contribution in [2.75, 3.05) is 0 Å². The second-order valence-electron chi connectivity index (χ2n) is 4.03. The van der Waals surface area contributed by atoms with Crippen molar-refractivity contribution in [3.05, 3.63) is 48.2 Å². The Morgan fingerprint density at radius 2 is 2.33 bits per heavy atom. The van der Waals surface area contributed by atoms with Crippen molar-refractivity contribution in [1.82, 2.24) is 10.3 Å². The van der Waals surface area contributed by atoms with Crippen molar-refractivity contribution < 1.29 is 14.3 Å². The normalized spacial score (nSPS) is 12.1. The first kappa shape index (κ1) is 12.2. The number of carbonyl (C=O) groups excluding carboxylic acids is 1. The van der Waals surface area contributed by atoms with E-state index < -0.39 is 5.91 Å². The van der Waals surface area contributed by atoms with Gasteiger partial charge >= 0.3 is 0 Å². The van der Waals surface area contributed by atoms with Crippen LogP contribution in [-0.4, -0.2) is 22.0 Å². The summed E-state index contributed by atoms with van der Waals surface area (Å²) in [5.41, 5.74) is 0.0313. The summed E-state index contributed by atoms with van der Waals surface area (Å²) in [6.07, 6.45) is 3.65. The Hall–Kier alpha value is -2.30. The van der Waals surface area contributed by atoms with Gasteiger partial charge in [-0.1, -0.05) is 0 Å². The molecule has 5 heteroatoms. The molecule has 2 heterocycles. The number of nitrogens with zero attached hydrogens (tertiary/aromatic N) is 1. The summed E-state index contributed by atoms with van der Waals surface area (Å²) in [4.78, 5) is 15.7. The molecule has 0 aromatic carbocycles. The lowest BCUT2D eigenvalue weighted by Crippen LogP contribution is -2.34. The summed E-state index contributed by atoms with van der Waals surface area (Å²) in [5, 5.41) is 12.3. The monoisotopic (exact) mass is 246 g/mol. The van der Waals surface area contributed by atoms with E-state index in [2.05, 4.69) is 10.3 Å². The summed E-state index contributed by atoms with van der Waals surface area (Å²) >= 11 is 0. The molecule has 2 aromatic rings. The van der Waals surface area contributed by atoms with E-state index in [0.29, 0.717) is 6.42 Å². The summed E-state index contributed by atoms with van der Waals surface area (Å²) in [7, 11) is 0. The minimum atomic E-state index is -0.396. The quantitative estimate of drug-likeness (QED) is 0.861. The highest BCUT2D eigenvalue weighted by Gasteiger charge is 2.15. The van der Waals surface area contributed by atoms with E-state index in [9.17, 15) is 9.90 Å². The number of aromatic hydroxyl groups is 1. The van der Waals surface area contributed by atoms with Crippen molar-refractivity contribution in [3.8, 4) is 5.75 Å². The highest BCUT2D eigenvalue weighted by atomic mass is 16.3. The van der Waals surface area contributed by atoms with Gasteiger partial charge in [-0.2, -0.15) is 0 Å². The maximum atomic E-state index is 11.8. The second-order valence-corrected chi connectivity index (χ2v) is 4.03. The lowest BCUT2D eigenvalue weighted by molar-refractivity contribution is 0.0931. The Morgan fingerprint density at radius 1 is 1.50 bits per heavy atom. The average Bonchev–Trinajstić information content (AvgIpc) is 2.82. The van der Waals surface area contributed by atoms with Crippen LogP contribution in [0.2, 0.25) is 0 Å². The number of carbonyl (C=O) groups is 1. The van der Waals surface area contributed by atoms with Crippen LogP contribution in [0, 0.1) is 0 Å². The van der Waals surface area contributed by atoms with Crippen molar-refractivity contribution in [2.24, 2.45) is 0 Å². The van der Waals surface area contributed by atoms with Gasteiger partial charge in [0.1, 0.15) is 11.5 Å². The highest BCUT2D eigenvalue weighted by molar-refractivity contribution is 5.94. The SMILES string of the molecule is CC(Cc1ccco1)NC(=O)c1ncccc1O. The molecule has 0 aliphatic heterocycles. The summed E-state index contributed by atoms with van der Waals surface area (Å²) in [6, 6.07) is 6.54. The highest BCUT2D eigenvalue weighted by Crippen LogP contribution is 2.12. The van der Waals surface area contributed by atoms with Crippen LogP contribution < -0.4 is 5.32 Å².